The molecule has 1 rings (SSSR count). The van der Waals surface area contributed by atoms with E-state index in [4.69, 9.17) is 11.2 Å². The Labute approximate surface area is 106 Å². The molecule has 0 aliphatic heterocycles. The van der Waals surface area contributed by atoms with Crippen LogP contribution in [0.2, 0.25) is 0 Å². The van der Waals surface area contributed by atoms with Crippen molar-refractivity contribution >= 4 is 28.5 Å². The molecular formula is C8H7ClF3O4PS. The first-order valence-electron chi connectivity index (χ1n) is 4.38. The number of hydrogen-bond acceptors (Lipinski definition) is 4. The number of benzene rings is 1. The highest BCUT2D eigenvalue weighted by atomic mass is 35.7. The Hall–Kier alpha value is -0.560. The zero-order valence-corrected chi connectivity index (χ0v) is 11.1. The Morgan fingerprint density at radius 2 is 1.83 bits per heavy atom. The fourth-order valence-electron chi connectivity index (χ4n) is 1.11. The second-order valence-corrected chi connectivity index (χ2v) is 6.91. The van der Waals surface area contributed by atoms with E-state index in [-0.39, 0.29) is 0 Å². The van der Waals surface area contributed by atoms with E-state index in [2.05, 4.69) is 4.18 Å². The molecule has 18 heavy (non-hydrogen) atoms. The zero-order valence-electron chi connectivity index (χ0n) is 8.57. The van der Waals surface area contributed by atoms with Gasteiger partial charge in [-0.25, -0.2) is 0 Å². The summed E-state index contributed by atoms with van der Waals surface area (Å²) in [4.78, 5) is -1.03. The van der Waals surface area contributed by atoms with E-state index in [0.29, 0.717) is 6.07 Å². The first kappa shape index (κ1) is 15.5. The van der Waals surface area contributed by atoms with Gasteiger partial charge in [-0.15, -0.1) is 0 Å². The van der Waals surface area contributed by atoms with Crippen LogP contribution in [0.25, 0.3) is 0 Å². The summed E-state index contributed by atoms with van der Waals surface area (Å²) >= 11 is 5.04. The quantitative estimate of drug-likeness (QED) is 0.631. The third-order valence-electron chi connectivity index (χ3n) is 1.79. The van der Waals surface area contributed by atoms with Gasteiger partial charge in [0.25, 0.3) is 10.1 Å². The Morgan fingerprint density at radius 3 is 2.33 bits per heavy atom. The Kier molecular flexibility index (Phi) is 4.83. The summed E-state index contributed by atoms with van der Waals surface area (Å²) in [5.41, 5.74) is -1.35. The van der Waals surface area contributed by atoms with Gasteiger partial charge < -0.3 is 4.57 Å². The van der Waals surface area contributed by atoms with Gasteiger partial charge in [-0.3, -0.25) is 4.18 Å². The maximum Gasteiger partial charge on any atom is 0.417 e. The lowest BCUT2D eigenvalue weighted by molar-refractivity contribution is -0.140. The zero-order chi connectivity index (χ0) is 14.0. The van der Waals surface area contributed by atoms with Gasteiger partial charge >= 0.3 is 6.18 Å². The van der Waals surface area contributed by atoms with Crippen molar-refractivity contribution in [3.8, 4) is 0 Å². The summed E-state index contributed by atoms with van der Waals surface area (Å²) in [6.07, 6.45) is -5.68. The van der Waals surface area contributed by atoms with Gasteiger partial charge in [-0.1, -0.05) is 23.4 Å². The Balaban J connectivity index is 3.21. The molecule has 0 saturated carbocycles. The monoisotopic (exact) mass is 322 g/mol. The van der Waals surface area contributed by atoms with Crippen molar-refractivity contribution in [3.05, 3.63) is 29.8 Å². The second-order valence-electron chi connectivity index (χ2n) is 3.07. The van der Waals surface area contributed by atoms with Crippen LogP contribution in [0.3, 0.4) is 0 Å². The van der Waals surface area contributed by atoms with Gasteiger partial charge in [0.1, 0.15) is 11.2 Å². The molecule has 10 heteroatoms. The van der Waals surface area contributed by atoms with Crippen molar-refractivity contribution in [1.29, 1.82) is 0 Å². The largest absolute Gasteiger partial charge is 0.417 e. The van der Waals surface area contributed by atoms with Crippen molar-refractivity contribution in [3.63, 3.8) is 0 Å². The van der Waals surface area contributed by atoms with Crippen LogP contribution in [0.15, 0.2) is 29.2 Å². The predicted octanol–water partition coefficient (Wildman–Crippen LogP) is 3.08. The number of hydrogen-bond donors (Lipinski definition) is 0. The number of halogens is 4. The minimum absolute atomic E-state index is 0.611. The lowest BCUT2D eigenvalue weighted by Crippen LogP contribution is -2.14. The van der Waals surface area contributed by atoms with Crippen molar-refractivity contribution < 1.29 is 30.3 Å². The maximum absolute atomic E-state index is 12.6. The summed E-state index contributed by atoms with van der Waals surface area (Å²) in [7, 11) is -7.43. The molecule has 0 aromatic heterocycles. The Morgan fingerprint density at radius 1 is 1.28 bits per heavy atom. The average Bonchev–Trinajstić information content (AvgIpc) is 2.25. The lowest BCUT2D eigenvalue weighted by Gasteiger charge is -2.12. The van der Waals surface area contributed by atoms with Crippen LogP contribution >= 0.6 is 18.4 Å². The van der Waals surface area contributed by atoms with E-state index in [9.17, 15) is 26.2 Å². The van der Waals surface area contributed by atoms with Gasteiger partial charge in [0.15, 0.2) is 7.15 Å². The first-order valence-corrected chi connectivity index (χ1v) is 8.42. The van der Waals surface area contributed by atoms with E-state index >= 15 is 0 Å². The molecule has 1 aromatic rings. The molecule has 1 atom stereocenters. The summed E-state index contributed by atoms with van der Waals surface area (Å²) in [6.45, 7) is 0. The molecule has 0 aliphatic carbocycles. The summed E-state index contributed by atoms with van der Waals surface area (Å²) in [5.74, 6) is 0. The summed E-state index contributed by atoms with van der Waals surface area (Å²) in [5, 5.41) is 0. The predicted molar refractivity (Wildman–Crippen MR) is 59.4 cm³/mol. The van der Waals surface area contributed by atoms with Crippen LogP contribution in [0.5, 0.6) is 0 Å². The maximum atomic E-state index is 12.6. The minimum Gasteiger partial charge on any atom is -0.307 e. The molecule has 0 saturated heterocycles. The average molecular weight is 323 g/mol. The van der Waals surface area contributed by atoms with E-state index in [1.807, 2.05) is 0 Å². The smallest absolute Gasteiger partial charge is 0.307 e. The minimum atomic E-state index is -4.83. The molecule has 0 N–H and O–H groups in total. The molecule has 0 amide bonds. The molecular weight excluding hydrogens is 316 g/mol. The molecule has 4 nitrogen and oxygen atoms in total. The van der Waals surface area contributed by atoms with Gasteiger partial charge in [-0.2, -0.15) is 21.6 Å². The molecule has 1 unspecified atom stereocenters. The third kappa shape index (κ3) is 3.98. The van der Waals surface area contributed by atoms with Crippen LogP contribution in [0.4, 0.5) is 13.2 Å². The first-order chi connectivity index (χ1) is 8.14. The molecule has 0 heterocycles. The van der Waals surface area contributed by atoms with Crippen LogP contribution in [0, 0.1) is 0 Å². The highest BCUT2D eigenvalue weighted by Gasteiger charge is 2.37. The molecule has 1 aromatic carbocycles. The highest BCUT2D eigenvalue weighted by Crippen LogP contribution is 2.35. The van der Waals surface area contributed by atoms with Crippen molar-refractivity contribution in [1.82, 2.24) is 0 Å². The van der Waals surface area contributed by atoms with Crippen molar-refractivity contribution in [2.24, 2.45) is 0 Å². The fraction of sp³-hybridized carbons (Fsp3) is 0.250. The van der Waals surface area contributed by atoms with Gasteiger partial charge in [0.05, 0.1) is 5.56 Å². The SMILES string of the molecule is O=[PH](Cl)COS(=O)(=O)c1ccccc1C(F)(F)F. The summed E-state index contributed by atoms with van der Waals surface area (Å²) < 4.78 is 75.5. The summed E-state index contributed by atoms with van der Waals surface area (Å²) in [6, 6.07) is 3.53. The van der Waals surface area contributed by atoms with Crippen LogP contribution in [-0.2, 0) is 25.0 Å². The van der Waals surface area contributed by atoms with Crippen LogP contribution in [-0.4, -0.2) is 14.8 Å². The fourth-order valence-corrected chi connectivity index (χ4v) is 3.32. The number of rotatable bonds is 4. The lowest BCUT2D eigenvalue weighted by atomic mass is 10.2. The molecule has 0 bridgehead atoms. The van der Waals surface area contributed by atoms with Gasteiger partial charge in [0.2, 0.25) is 0 Å². The van der Waals surface area contributed by atoms with Crippen LogP contribution < -0.4 is 0 Å². The number of alkyl halides is 3. The second kappa shape index (κ2) is 5.61. The highest BCUT2D eigenvalue weighted by molar-refractivity contribution is 7.87. The molecule has 0 radical (unpaired) electrons. The van der Waals surface area contributed by atoms with E-state index in [0.717, 1.165) is 18.2 Å². The van der Waals surface area contributed by atoms with Crippen molar-refractivity contribution in [2.45, 2.75) is 11.1 Å². The van der Waals surface area contributed by atoms with E-state index < -0.39 is 40.3 Å². The third-order valence-corrected chi connectivity index (χ3v) is 4.02. The standard InChI is InChI=1S/C8H7ClF3O4PS/c9-17(13)5-16-18(14,15)7-4-2-1-3-6(7)8(10,11)12/h1-4,17H,5H2. The van der Waals surface area contributed by atoms with Crippen LogP contribution in [0.1, 0.15) is 5.56 Å². The van der Waals surface area contributed by atoms with Gasteiger partial charge in [-0.05, 0) is 12.1 Å². The molecule has 0 fully saturated rings. The molecule has 0 aliphatic rings. The molecule has 102 valence electrons. The Bertz CT molecular complexity index is 558. The normalized spacial score (nSPS) is 14.4. The molecule has 0 spiro atoms. The van der Waals surface area contributed by atoms with E-state index in [1.165, 1.54) is 0 Å². The topological polar surface area (TPSA) is 60.4 Å². The van der Waals surface area contributed by atoms with Crippen molar-refractivity contribution in [2.75, 3.05) is 6.35 Å². The van der Waals surface area contributed by atoms with E-state index in [1.54, 1.807) is 0 Å². The van der Waals surface area contributed by atoms with Gasteiger partial charge in [0, 0.05) is 0 Å².